The molecule has 2 aromatic heterocycles. The van der Waals surface area contributed by atoms with Crippen LogP contribution in [0.5, 0.6) is 11.5 Å². The maximum absolute atomic E-state index is 13.9. The monoisotopic (exact) mass is 590 g/mol. The molecule has 0 saturated carbocycles. The number of ether oxygens (including phenoxy) is 2. The molecule has 5 heterocycles. The highest BCUT2D eigenvalue weighted by molar-refractivity contribution is 6.00. The number of rotatable bonds is 3. The molecule has 3 aliphatic heterocycles. The number of hydrogen-bond acceptors (Lipinski definition) is 6. The lowest BCUT2D eigenvalue weighted by molar-refractivity contribution is -0.140. The fourth-order valence-corrected chi connectivity index (χ4v) is 7.44. The molecule has 2 fully saturated rings. The van der Waals surface area contributed by atoms with Crippen molar-refractivity contribution in [3.63, 3.8) is 0 Å². The number of imidazole rings is 1. The van der Waals surface area contributed by atoms with E-state index in [0.29, 0.717) is 68.9 Å². The zero-order chi connectivity index (χ0) is 30.1. The number of hydrogen-bond donors (Lipinski definition) is 1. The Kier molecular flexibility index (Phi) is 8.32. The van der Waals surface area contributed by atoms with Crippen molar-refractivity contribution in [2.45, 2.75) is 57.4 Å². The number of aromatic nitrogens is 3. The maximum atomic E-state index is 13.9. The third kappa shape index (κ3) is 5.81. The molecule has 43 heavy (non-hydrogen) atoms. The van der Waals surface area contributed by atoms with E-state index in [1.807, 2.05) is 35.0 Å². The van der Waals surface area contributed by atoms with Crippen LogP contribution in [0.25, 0.3) is 5.65 Å². The van der Waals surface area contributed by atoms with Gasteiger partial charge >= 0.3 is 0 Å². The number of aryl methyl sites for hydroxylation is 3. The Labute approximate surface area is 252 Å². The SMILES string of the molecule is COc1cc2cc(c1OC)CCCNC(=O)CCC[C@H]1[C@@H]3C[C@@H](CN(C(=O)c4cnn5ccn(C)c45)C3)CN1C(=O)CC2. The molecular weight excluding hydrogens is 548 g/mol. The molecule has 230 valence electrons. The molecule has 4 bridgehead atoms. The molecule has 3 aliphatic rings. The zero-order valence-corrected chi connectivity index (χ0v) is 25.4. The molecule has 1 N–H and O–H groups in total. The molecule has 3 amide bonds. The van der Waals surface area contributed by atoms with Gasteiger partial charge in [0.15, 0.2) is 11.5 Å². The van der Waals surface area contributed by atoms with E-state index in [0.717, 1.165) is 42.5 Å². The predicted octanol–water partition coefficient (Wildman–Crippen LogP) is 2.84. The minimum Gasteiger partial charge on any atom is -0.493 e. The highest BCUT2D eigenvalue weighted by Crippen LogP contribution is 2.38. The summed E-state index contributed by atoms with van der Waals surface area (Å²) in [4.78, 5) is 44.3. The third-order valence-electron chi connectivity index (χ3n) is 9.43. The summed E-state index contributed by atoms with van der Waals surface area (Å²) in [5.74, 6) is 1.90. The van der Waals surface area contributed by atoms with Crippen molar-refractivity contribution in [2.24, 2.45) is 18.9 Å². The molecule has 11 nitrogen and oxygen atoms in total. The fraction of sp³-hybridized carbons (Fsp3) is 0.562. The average molecular weight is 591 g/mol. The first kappa shape index (κ1) is 29.1. The molecule has 0 aliphatic carbocycles. The average Bonchev–Trinajstić information content (AvgIpc) is 3.60. The number of benzene rings is 1. The number of carbonyl (C=O) groups excluding carboxylic acids is 3. The van der Waals surface area contributed by atoms with Gasteiger partial charge in [-0.3, -0.25) is 14.4 Å². The van der Waals surface area contributed by atoms with Crippen molar-refractivity contribution < 1.29 is 23.9 Å². The summed E-state index contributed by atoms with van der Waals surface area (Å²) in [5, 5.41) is 7.43. The Balaban J connectivity index is 1.23. The van der Waals surface area contributed by atoms with Gasteiger partial charge in [0.25, 0.3) is 5.91 Å². The number of nitrogens with zero attached hydrogens (tertiary/aromatic N) is 5. The number of fused-ring (bicyclic) bond motifs is 7. The summed E-state index contributed by atoms with van der Waals surface area (Å²) >= 11 is 0. The summed E-state index contributed by atoms with van der Waals surface area (Å²) < 4.78 is 14.9. The minimum absolute atomic E-state index is 0.0109. The quantitative estimate of drug-likeness (QED) is 0.503. The fourth-order valence-electron chi connectivity index (χ4n) is 7.44. The van der Waals surface area contributed by atoms with E-state index >= 15 is 0 Å². The van der Waals surface area contributed by atoms with Crippen LogP contribution in [0.4, 0.5) is 0 Å². The Morgan fingerprint density at radius 2 is 1.86 bits per heavy atom. The Morgan fingerprint density at radius 1 is 1.00 bits per heavy atom. The first-order valence-corrected chi connectivity index (χ1v) is 15.4. The van der Waals surface area contributed by atoms with Gasteiger partial charge in [-0.1, -0.05) is 6.07 Å². The van der Waals surface area contributed by atoms with Crippen LogP contribution in [0.3, 0.4) is 0 Å². The molecule has 0 spiro atoms. The lowest BCUT2D eigenvalue weighted by Crippen LogP contribution is -2.60. The lowest BCUT2D eigenvalue weighted by atomic mass is 9.77. The highest BCUT2D eigenvalue weighted by atomic mass is 16.5. The summed E-state index contributed by atoms with van der Waals surface area (Å²) in [6.45, 7) is 2.43. The first-order valence-electron chi connectivity index (χ1n) is 15.4. The van der Waals surface area contributed by atoms with Crippen LogP contribution in [0.2, 0.25) is 0 Å². The first-order chi connectivity index (χ1) is 20.9. The number of carbonyl (C=O) groups is 3. The molecule has 1 aromatic carbocycles. The summed E-state index contributed by atoms with van der Waals surface area (Å²) in [7, 11) is 5.18. The molecule has 3 aromatic rings. The standard InChI is InChI=1S/C32H42N6O5/c1-35-12-13-38-31(35)25(17-34-38)32(41)36-18-22-15-24(20-36)26-7-4-8-28(39)33-11-5-6-23-14-21(9-10-29(40)37(26)19-22)16-27(42-2)30(23)43-3/h12-14,16-17,22,24,26H,4-11,15,18-20H2,1-3H3,(H,33,39)/t22-,24+,26-/m0/s1. The van der Waals surface area contributed by atoms with Gasteiger partial charge in [0.2, 0.25) is 11.8 Å². The molecular formula is C32H42N6O5. The van der Waals surface area contributed by atoms with Crippen LogP contribution in [0.1, 0.15) is 60.0 Å². The molecule has 2 saturated heterocycles. The zero-order valence-electron chi connectivity index (χ0n) is 25.4. The summed E-state index contributed by atoms with van der Waals surface area (Å²) in [5.41, 5.74) is 3.44. The van der Waals surface area contributed by atoms with Gasteiger partial charge in [-0.15, -0.1) is 0 Å². The molecule has 6 rings (SSSR count). The van der Waals surface area contributed by atoms with Gasteiger partial charge in [0.1, 0.15) is 11.2 Å². The van der Waals surface area contributed by atoms with Gasteiger partial charge < -0.3 is 29.2 Å². The normalized spacial score (nSPS) is 23.6. The van der Waals surface area contributed by atoms with Crippen molar-refractivity contribution in [1.29, 1.82) is 0 Å². The number of methoxy groups -OCH3 is 2. The van der Waals surface area contributed by atoms with E-state index in [9.17, 15) is 14.4 Å². The third-order valence-corrected chi connectivity index (χ3v) is 9.43. The van der Waals surface area contributed by atoms with Crippen molar-refractivity contribution in [1.82, 2.24) is 29.3 Å². The van der Waals surface area contributed by atoms with Gasteiger partial charge in [-0.05, 0) is 67.6 Å². The molecule has 0 radical (unpaired) electrons. The van der Waals surface area contributed by atoms with Crippen LogP contribution < -0.4 is 14.8 Å². The lowest BCUT2D eigenvalue weighted by Gasteiger charge is -2.51. The Bertz CT molecular complexity index is 1510. The molecule has 3 atom stereocenters. The van der Waals surface area contributed by atoms with E-state index in [-0.39, 0.29) is 35.6 Å². The van der Waals surface area contributed by atoms with Crippen molar-refractivity contribution in [3.05, 3.63) is 47.4 Å². The number of piperidine rings is 2. The van der Waals surface area contributed by atoms with Crippen LogP contribution in [0, 0.1) is 11.8 Å². The maximum Gasteiger partial charge on any atom is 0.259 e. The van der Waals surface area contributed by atoms with E-state index in [1.165, 1.54) is 0 Å². The van der Waals surface area contributed by atoms with Crippen LogP contribution in [-0.4, -0.2) is 88.1 Å². The second kappa shape index (κ2) is 12.3. The molecule has 11 heteroatoms. The van der Waals surface area contributed by atoms with Crippen molar-refractivity contribution >= 4 is 23.4 Å². The van der Waals surface area contributed by atoms with E-state index in [1.54, 1.807) is 24.9 Å². The van der Waals surface area contributed by atoms with Gasteiger partial charge in [-0.25, -0.2) is 4.52 Å². The topological polar surface area (TPSA) is 110 Å². The highest BCUT2D eigenvalue weighted by Gasteiger charge is 2.43. The Morgan fingerprint density at radius 3 is 2.67 bits per heavy atom. The number of nitrogens with one attached hydrogen (secondary N) is 1. The van der Waals surface area contributed by atoms with E-state index < -0.39 is 0 Å². The Hall–Kier alpha value is -4.02. The largest absolute Gasteiger partial charge is 0.493 e. The van der Waals surface area contributed by atoms with Crippen LogP contribution in [0.15, 0.2) is 30.7 Å². The van der Waals surface area contributed by atoms with Crippen LogP contribution in [-0.2, 0) is 29.5 Å². The van der Waals surface area contributed by atoms with E-state index in [2.05, 4.69) is 21.4 Å². The van der Waals surface area contributed by atoms with Gasteiger partial charge in [-0.2, -0.15) is 5.10 Å². The smallest absolute Gasteiger partial charge is 0.259 e. The van der Waals surface area contributed by atoms with Crippen LogP contribution >= 0.6 is 0 Å². The van der Waals surface area contributed by atoms with E-state index in [4.69, 9.17) is 9.47 Å². The van der Waals surface area contributed by atoms with Crippen molar-refractivity contribution in [2.75, 3.05) is 40.4 Å². The summed E-state index contributed by atoms with van der Waals surface area (Å²) in [6, 6.07) is 4.06. The van der Waals surface area contributed by atoms with Crippen molar-refractivity contribution in [3.8, 4) is 11.5 Å². The second-order valence-corrected chi connectivity index (χ2v) is 12.3. The number of likely N-dealkylation sites (tertiary alicyclic amines) is 1. The van der Waals surface area contributed by atoms with Gasteiger partial charge in [0, 0.05) is 64.5 Å². The second-order valence-electron chi connectivity index (χ2n) is 12.3. The molecule has 0 unspecified atom stereocenters. The minimum atomic E-state index is -0.0110. The van der Waals surface area contributed by atoms with Gasteiger partial charge in [0.05, 0.1) is 20.4 Å². The summed E-state index contributed by atoms with van der Waals surface area (Å²) in [6.07, 6.45) is 10.8. The number of amides is 3. The predicted molar refractivity (Wildman–Crippen MR) is 160 cm³/mol.